The second kappa shape index (κ2) is 7.31. The summed E-state index contributed by atoms with van der Waals surface area (Å²) in [4.78, 5) is 17.3. The molecule has 0 saturated carbocycles. The molecule has 1 N–H and O–H groups in total. The molecule has 0 saturated heterocycles. The van der Waals surface area contributed by atoms with Gasteiger partial charge in [0.05, 0.1) is 5.56 Å². The summed E-state index contributed by atoms with van der Waals surface area (Å²) in [5.41, 5.74) is 3.23. The van der Waals surface area contributed by atoms with Crippen molar-refractivity contribution in [1.82, 2.24) is 10.3 Å². The van der Waals surface area contributed by atoms with E-state index in [-0.39, 0.29) is 18.5 Å². The maximum atomic E-state index is 13.1. The number of rotatable bonds is 4. The van der Waals surface area contributed by atoms with Crippen LogP contribution < -0.4 is 19.5 Å². The molecule has 144 valence electrons. The number of hydrogen-bond acceptors (Lipinski definition) is 6. The Morgan fingerprint density at radius 1 is 1.07 bits per heavy atom. The van der Waals surface area contributed by atoms with Crippen molar-refractivity contribution in [3.8, 4) is 23.1 Å². The zero-order valence-corrected chi connectivity index (χ0v) is 15.6. The Morgan fingerprint density at radius 2 is 1.90 bits per heavy atom. The van der Waals surface area contributed by atoms with Crippen molar-refractivity contribution in [2.24, 2.45) is 0 Å². The van der Waals surface area contributed by atoms with E-state index >= 15 is 0 Å². The van der Waals surface area contributed by atoms with Crippen LogP contribution in [-0.2, 0) is 6.42 Å². The zero-order valence-electron chi connectivity index (χ0n) is 15.6. The Bertz CT molecular complexity index is 1110. The first kappa shape index (κ1) is 17.3. The molecule has 0 unspecified atom stereocenters. The van der Waals surface area contributed by atoms with Crippen LogP contribution in [0.4, 0.5) is 0 Å². The highest BCUT2D eigenvalue weighted by molar-refractivity contribution is 6.10. The van der Waals surface area contributed by atoms with E-state index < -0.39 is 0 Å². The van der Waals surface area contributed by atoms with Crippen LogP contribution >= 0.6 is 0 Å². The average Bonchev–Trinajstić information content (AvgIpc) is 3.21. The molecule has 0 radical (unpaired) electrons. The third-order valence-corrected chi connectivity index (χ3v) is 4.87. The van der Waals surface area contributed by atoms with Crippen molar-refractivity contribution in [2.45, 2.75) is 6.42 Å². The molecule has 0 amide bonds. The van der Waals surface area contributed by atoms with Crippen LogP contribution in [0.25, 0.3) is 5.70 Å². The molecule has 0 spiro atoms. The van der Waals surface area contributed by atoms with Gasteiger partial charge in [0.1, 0.15) is 5.75 Å². The molecule has 1 aromatic heterocycles. The zero-order chi connectivity index (χ0) is 19.6. The maximum Gasteiger partial charge on any atom is 0.231 e. The summed E-state index contributed by atoms with van der Waals surface area (Å²) in [7, 11) is 0. The summed E-state index contributed by atoms with van der Waals surface area (Å²) in [6.07, 6.45) is 4.05. The Kier molecular flexibility index (Phi) is 4.37. The summed E-state index contributed by atoms with van der Waals surface area (Å²) >= 11 is 0. The van der Waals surface area contributed by atoms with E-state index in [4.69, 9.17) is 14.2 Å². The second-order valence-corrected chi connectivity index (χ2v) is 6.73. The first-order valence-corrected chi connectivity index (χ1v) is 9.38. The van der Waals surface area contributed by atoms with Crippen molar-refractivity contribution >= 4 is 11.5 Å². The fourth-order valence-corrected chi connectivity index (χ4v) is 3.47. The molecule has 2 aliphatic heterocycles. The summed E-state index contributed by atoms with van der Waals surface area (Å²) in [6, 6.07) is 16.6. The molecule has 29 heavy (non-hydrogen) atoms. The first-order chi connectivity index (χ1) is 14.3. The third-order valence-electron chi connectivity index (χ3n) is 4.87. The monoisotopic (exact) mass is 386 g/mol. The molecule has 2 aromatic carbocycles. The Labute approximate surface area is 167 Å². The SMILES string of the molecule is O=C(C=C1NCCc2cc3c(cc21)OCO3)c1cccnc1Oc1ccccc1. The molecule has 3 heterocycles. The van der Waals surface area contributed by atoms with Crippen LogP contribution in [0.2, 0.25) is 0 Å². The number of ether oxygens (including phenoxy) is 3. The number of carbonyl (C=O) groups excluding carboxylic acids is 1. The second-order valence-electron chi connectivity index (χ2n) is 6.73. The highest BCUT2D eigenvalue weighted by Gasteiger charge is 2.23. The lowest BCUT2D eigenvalue weighted by Gasteiger charge is -2.21. The van der Waals surface area contributed by atoms with E-state index in [9.17, 15) is 4.79 Å². The van der Waals surface area contributed by atoms with E-state index in [1.165, 1.54) is 0 Å². The topological polar surface area (TPSA) is 69.7 Å². The van der Waals surface area contributed by atoms with Gasteiger partial charge in [-0.2, -0.15) is 0 Å². The number of aromatic nitrogens is 1. The van der Waals surface area contributed by atoms with E-state index in [1.807, 2.05) is 42.5 Å². The van der Waals surface area contributed by atoms with Gasteiger partial charge in [0, 0.05) is 30.1 Å². The van der Waals surface area contributed by atoms with Gasteiger partial charge in [0.25, 0.3) is 0 Å². The van der Waals surface area contributed by atoms with Crippen molar-refractivity contribution in [3.05, 3.63) is 83.6 Å². The number of fused-ring (bicyclic) bond motifs is 2. The molecular formula is C23H18N2O4. The molecule has 0 bridgehead atoms. The summed E-state index contributed by atoms with van der Waals surface area (Å²) in [6.45, 7) is 0.964. The standard InChI is InChI=1S/C23H18N2O4/c26-20(17-7-4-9-25-23(17)29-16-5-2-1-3-6-16)13-19-18-12-22-21(27-14-28-22)11-15(18)8-10-24-19/h1-7,9,11-13,24H,8,10,14H2. The molecule has 3 aromatic rings. The third kappa shape index (κ3) is 3.40. The van der Waals surface area contributed by atoms with Crippen molar-refractivity contribution in [3.63, 3.8) is 0 Å². The van der Waals surface area contributed by atoms with E-state index in [2.05, 4.69) is 10.3 Å². The van der Waals surface area contributed by atoms with Crippen LogP contribution in [0.1, 0.15) is 21.5 Å². The highest BCUT2D eigenvalue weighted by atomic mass is 16.7. The number of nitrogens with zero attached hydrogens (tertiary/aromatic N) is 1. The number of hydrogen-bond donors (Lipinski definition) is 1. The molecule has 0 fully saturated rings. The van der Waals surface area contributed by atoms with Crippen molar-refractivity contribution in [2.75, 3.05) is 13.3 Å². The number of benzene rings is 2. The molecule has 2 aliphatic rings. The minimum absolute atomic E-state index is 0.183. The van der Waals surface area contributed by atoms with Gasteiger partial charge in [-0.15, -0.1) is 0 Å². The normalized spacial score (nSPS) is 15.5. The number of nitrogens with one attached hydrogen (secondary N) is 1. The van der Waals surface area contributed by atoms with E-state index in [1.54, 1.807) is 24.4 Å². The van der Waals surface area contributed by atoms with E-state index in [0.717, 1.165) is 35.5 Å². The lowest BCUT2D eigenvalue weighted by atomic mass is 9.96. The summed E-state index contributed by atoms with van der Waals surface area (Å²) in [5.74, 6) is 2.17. The predicted octanol–water partition coefficient (Wildman–Crippen LogP) is 3.97. The molecule has 5 rings (SSSR count). The molecule has 0 atom stereocenters. The minimum Gasteiger partial charge on any atom is -0.454 e. The van der Waals surface area contributed by atoms with Crippen LogP contribution in [0, 0.1) is 0 Å². The van der Waals surface area contributed by atoms with Gasteiger partial charge in [-0.05, 0) is 48.4 Å². The van der Waals surface area contributed by atoms with Gasteiger partial charge in [0.15, 0.2) is 17.3 Å². The van der Waals surface area contributed by atoms with Gasteiger partial charge in [-0.25, -0.2) is 4.98 Å². The summed E-state index contributed by atoms with van der Waals surface area (Å²) < 4.78 is 16.8. The number of para-hydroxylation sites is 1. The fraction of sp³-hybridized carbons (Fsp3) is 0.130. The maximum absolute atomic E-state index is 13.1. The van der Waals surface area contributed by atoms with Crippen LogP contribution in [0.3, 0.4) is 0 Å². The quantitative estimate of drug-likeness (QED) is 0.540. The molecule has 6 nitrogen and oxygen atoms in total. The lowest BCUT2D eigenvalue weighted by molar-refractivity contribution is 0.104. The fourth-order valence-electron chi connectivity index (χ4n) is 3.47. The lowest BCUT2D eigenvalue weighted by Crippen LogP contribution is -2.23. The predicted molar refractivity (Wildman–Crippen MR) is 107 cm³/mol. The van der Waals surface area contributed by atoms with Gasteiger partial charge in [-0.3, -0.25) is 4.79 Å². The minimum atomic E-state index is -0.183. The number of pyridine rings is 1. The summed E-state index contributed by atoms with van der Waals surface area (Å²) in [5, 5.41) is 3.32. The number of carbonyl (C=O) groups is 1. The van der Waals surface area contributed by atoms with Crippen molar-refractivity contribution < 1.29 is 19.0 Å². The Balaban J connectivity index is 1.48. The van der Waals surface area contributed by atoms with Crippen LogP contribution in [0.5, 0.6) is 23.1 Å². The molecular weight excluding hydrogens is 368 g/mol. The number of allylic oxidation sites excluding steroid dienone is 1. The van der Waals surface area contributed by atoms with Gasteiger partial charge < -0.3 is 19.5 Å². The highest BCUT2D eigenvalue weighted by Crippen LogP contribution is 2.38. The Hall–Kier alpha value is -3.80. The van der Waals surface area contributed by atoms with E-state index in [0.29, 0.717) is 17.1 Å². The average molecular weight is 386 g/mol. The van der Waals surface area contributed by atoms with Crippen molar-refractivity contribution in [1.29, 1.82) is 0 Å². The largest absolute Gasteiger partial charge is 0.454 e. The van der Waals surface area contributed by atoms with Gasteiger partial charge in [0.2, 0.25) is 12.7 Å². The smallest absolute Gasteiger partial charge is 0.231 e. The first-order valence-electron chi connectivity index (χ1n) is 9.38. The van der Waals surface area contributed by atoms with Crippen LogP contribution in [-0.4, -0.2) is 24.1 Å². The Morgan fingerprint density at radius 3 is 2.76 bits per heavy atom. The van der Waals surface area contributed by atoms with Gasteiger partial charge >= 0.3 is 0 Å². The van der Waals surface area contributed by atoms with Crippen LogP contribution in [0.15, 0.2) is 66.9 Å². The van der Waals surface area contributed by atoms with Gasteiger partial charge in [-0.1, -0.05) is 18.2 Å². The molecule has 0 aliphatic carbocycles. The number of ketones is 1. The molecule has 6 heteroatoms.